The Morgan fingerprint density at radius 2 is 1.69 bits per heavy atom. The van der Waals surface area contributed by atoms with E-state index in [0.717, 1.165) is 25.7 Å². The summed E-state index contributed by atoms with van der Waals surface area (Å²) in [6.07, 6.45) is 8.91. The topological polar surface area (TPSA) is 80.6 Å². The van der Waals surface area contributed by atoms with Crippen LogP contribution in [0.5, 0.6) is 0 Å². The molecule has 0 heterocycles. The summed E-state index contributed by atoms with van der Waals surface area (Å²) in [5, 5.41) is 32.4. The van der Waals surface area contributed by atoms with Crippen LogP contribution in [0.2, 0.25) is 0 Å². The zero-order chi connectivity index (χ0) is 20.3. The molecular formula is C24H39KO4. The summed E-state index contributed by atoms with van der Waals surface area (Å²) in [4.78, 5) is 10.9. The zero-order valence-corrected chi connectivity index (χ0v) is 22.0. The Morgan fingerprint density at radius 3 is 2.38 bits per heavy atom. The van der Waals surface area contributed by atoms with E-state index in [1.54, 1.807) is 0 Å². The molecule has 0 radical (unpaired) electrons. The van der Waals surface area contributed by atoms with Crippen molar-refractivity contribution in [3.8, 4) is 0 Å². The van der Waals surface area contributed by atoms with Crippen molar-refractivity contribution >= 4 is 5.97 Å². The second-order valence-electron chi connectivity index (χ2n) is 11.3. The van der Waals surface area contributed by atoms with Crippen LogP contribution in [-0.4, -0.2) is 28.4 Å². The Morgan fingerprint density at radius 1 is 1.03 bits per heavy atom. The van der Waals surface area contributed by atoms with Crippen molar-refractivity contribution in [2.45, 2.75) is 97.2 Å². The van der Waals surface area contributed by atoms with E-state index >= 15 is 0 Å². The Labute approximate surface area is 219 Å². The van der Waals surface area contributed by atoms with Gasteiger partial charge in [0.25, 0.3) is 0 Å². The van der Waals surface area contributed by atoms with Crippen molar-refractivity contribution in [3.63, 3.8) is 0 Å². The van der Waals surface area contributed by atoms with Crippen LogP contribution in [0.25, 0.3) is 0 Å². The largest absolute Gasteiger partial charge is 1.00 e. The van der Waals surface area contributed by atoms with Gasteiger partial charge in [0.15, 0.2) is 0 Å². The average Bonchev–Trinajstić information content (AvgIpc) is 2.98. The molecular weight excluding hydrogens is 391 g/mol. The minimum atomic E-state index is -0.934. The predicted molar refractivity (Wildman–Crippen MR) is 106 cm³/mol. The molecule has 4 aliphatic carbocycles. The fourth-order valence-electron chi connectivity index (χ4n) is 8.72. The molecule has 0 bridgehead atoms. The number of carbonyl (C=O) groups is 1. The van der Waals surface area contributed by atoms with Crippen LogP contribution in [-0.2, 0) is 4.79 Å². The fourth-order valence-corrected chi connectivity index (χ4v) is 8.72. The van der Waals surface area contributed by atoms with Gasteiger partial charge in [0.2, 0.25) is 0 Å². The van der Waals surface area contributed by atoms with Crippen molar-refractivity contribution in [2.75, 3.05) is 0 Å². The standard InChI is InChI=1S/C24H40O4.K/c1-14(4-7-21(27)28)17-5-6-18-22-19(9-11-24(17,18)3)23(2)10-8-16(25)12-15(23)13-20(22)26;/h14-20,22,25-26H,4-13H2,1-3H3,(H,27,28);/q;+1/p-1/t14-,15?,16-,17-,18?,19?,20-,22?,23+,24-;/m1./s1. The molecule has 4 rings (SSSR count). The number of carbonyl (C=O) groups excluding carboxylic acids is 1. The molecule has 0 aromatic carbocycles. The smallest absolute Gasteiger partial charge is 0.550 e. The quantitative estimate of drug-likeness (QED) is 0.622. The van der Waals surface area contributed by atoms with Crippen LogP contribution in [0.15, 0.2) is 0 Å². The molecule has 0 aromatic heterocycles. The molecule has 5 heteroatoms. The number of hydrogen-bond acceptors (Lipinski definition) is 4. The van der Waals surface area contributed by atoms with Gasteiger partial charge in [0.1, 0.15) is 0 Å². The number of aliphatic carboxylic acids is 1. The second-order valence-corrected chi connectivity index (χ2v) is 11.3. The third-order valence-corrected chi connectivity index (χ3v) is 10.2. The molecule has 4 saturated carbocycles. The minimum Gasteiger partial charge on any atom is -0.550 e. The predicted octanol–water partition coefficient (Wildman–Crippen LogP) is 0.147. The summed E-state index contributed by atoms with van der Waals surface area (Å²) in [5.74, 6) is 1.99. The van der Waals surface area contributed by atoms with Crippen LogP contribution in [0, 0.1) is 46.3 Å². The summed E-state index contributed by atoms with van der Waals surface area (Å²) in [7, 11) is 0. The average molecular weight is 431 g/mol. The maximum absolute atomic E-state index is 11.2. The summed E-state index contributed by atoms with van der Waals surface area (Å²) >= 11 is 0. The van der Waals surface area contributed by atoms with E-state index in [4.69, 9.17) is 0 Å². The van der Waals surface area contributed by atoms with E-state index in [1.807, 2.05) is 0 Å². The van der Waals surface area contributed by atoms with E-state index in [-0.39, 0.29) is 80.8 Å². The third kappa shape index (κ3) is 4.20. The summed E-state index contributed by atoms with van der Waals surface area (Å²) in [6, 6.07) is 0. The van der Waals surface area contributed by atoms with Gasteiger partial charge in [-0.3, -0.25) is 0 Å². The summed E-state index contributed by atoms with van der Waals surface area (Å²) < 4.78 is 0. The first-order chi connectivity index (χ1) is 13.2. The number of carboxylic acids is 1. The molecule has 0 amide bonds. The van der Waals surface area contributed by atoms with Crippen LogP contribution in [0.1, 0.15) is 85.0 Å². The number of hydrogen-bond donors (Lipinski definition) is 2. The fraction of sp³-hybridized carbons (Fsp3) is 0.958. The molecule has 4 unspecified atom stereocenters. The summed E-state index contributed by atoms with van der Waals surface area (Å²) in [5.41, 5.74) is 0.494. The maximum Gasteiger partial charge on any atom is 1.00 e. The molecule has 4 fully saturated rings. The number of aliphatic hydroxyl groups is 2. The first kappa shape index (κ1) is 24.7. The molecule has 0 aromatic rings. The van der Waals surface area contributed by atoms with Crippen LogP contribution in [0.3, 0.4) is 0 Å². The molecule has 10 atom stereocenters. The second kappa shape index (κ2) is 9.11. The summed E-state index contributed by atoms with van der Waals surface area (Å²) in [6.45, 7) is 7.11. The SMILES string of the molecule is C[C@H](CCC(=O)[O-])[C@H]1CCC2C3C(CC[C@@]21C)[C@@]1(C)CC[C@@H](O)CC1C[C@H]3O.[K+]. The van der Waals surface area contributed by atoms with Crippen molar-refractivity contribution in [2.24, 2.45) is 46.3 Å². The number of aliphatic hydroxyl groups excluding tert-OH is 2. The molecule has 0 aliphatic heterocycles. The van der Waals surface area contributed by atoms with Gasteiger partial charge in [-0.2, -0.15) is 0 Å². The number of fused-ring (bicyclic) bond motifs is 5. The van der Waals surface area contributed by atoms with Gasteiger partial charge in [-0.15, -0.1) is 0 Å². The van der Waals surface area contributed by atoms with E-state index in [1.165, 1.54) is 25.7 Å². The van der Waals surface area contributed by atoms with Gasteiger partial charge >= 0.3 is 51.4 Å². The first-order valence-corrected chi connectivity index (χ1v) is 11.7. The van der Waals surface area contributed by atoms with E-state index in [2.05, 4.69) is 20.8 Å². The molecule has 4 nitrogen and oxygen atoms in total. The van der Waals surface area contributed by atoms with Gasteiger partial charge in [0.05, 0.1) is 12.2 Å². The zero-order valence-electron chi connectivity index (χ0n) is 18.9. The van der Waals surface area contributed by atoms with Crippen molar-refractivity contribution in [1.82, 2.24) is 0 Å². The molecule has 29 heavy (non-hydrogen) atoms. The van der Waals surface area contributed by atoms with Gasteiger partial charge in [0, 0.05) is 5.97 Å². The molecule has 4 aliphatic rings. The Balaban J connectivity index is 0.00000240. The van der Waals surface area contributed by atoms with E-state index in [0.29, 0.717) is 41.9 Å². The van der Waals surface area contributed by atoms with Gasteiger partial charge in [-0.05, 0) is 111 Å². The first-order valence-electron chi connectivity index (χ1n) is 11.7. The Kier molecular flexibility index (Phi) is 7.75. The van der Waals surface area contributed by atoms with Crippen molar-refractivity contribution in [3.05, 3.63) is 0 Å². The molecule has 160 valence electrons. The monoisotopic (exact) mass is 430 g/mol. The molecule has 2 N–H and O–H groups in total. The Bertz CT molecular complexity index is 612. The van der Waals surface area contributed by atoms with Crippen molar-refractivity contribution in [1.29, 1.82) is 0 Å². The van der Waals surface area contributed by atoms with Crippen molar-refractivity contribution < 1.29 is 71.5 Å². The van der Waals surface area contributed by atoms with Gasteiger partial charge < -0.3 is 20.1 Å². The van der Waals surface area contributed by atoms with Crippen LogP contribution < -0.4 is 56.5 Å². The number of rotatable bonds is 4. The van der Waals surface area contributed by atoms with E-state index in [9.17, 15) is 20.1 Å². The van der Waals surface area contributed by atoms with Crippen LogP contribution in [0.4, 0.5) is 0 Å². The third-order valence-electron chi connectivity index (χ3n) is 10.2. The van der Waals surface area contributed by atoms with Gasteiger partial charge in [-0.25, -0.2) is 0 Å². The normalized spacial score (nSPS) is 49.9. The number of carboxylic acid groups (broad SMARTS) is 1. The molecule has 0 saturated heterocycles. The molecule has 0 spiro atoms. The minimum absolute atomic E-state index is 0. The van der Waals surface area contributed by atoms with Crippen LogP contribution >= 0.6 is 0 Å². The Hall–Kier alpha value is 1.03. The van der Waals surface area contributed by atoms with E-state index < -0.39 is 5.97 Å². The van der Waals surface area contributed by atoms with Gasteiger partial charge in [-0.1, -0.05) is 20.8 Å². The maximum atomic E-state index is 11.2.